The minimum absolute atomic E-state index is 0.212. The summed E-state index contributed by atoms with van der Waals surface area (Å²) >= 11 is 0. The van der Waals surface area contributed by atoms with Gasteiger partial charge in [0.1, 0.15) is 17.7 Å². The summed E-state index contributed by atoms with van der Waals surface area (Å²) in [5.74, 6) is 0.128. The lowest BCUT2D eigenvalue weighted by Crippen LogP contribution is -2.32. The number of nitrogens with zero attached hydrogens (tertiary/aromatic N) is 2. The number of carbonyl (C=O) groups is 1. The summed E-state index contributed by atoms with van der Waals surface area (Å²) in [6, 6.07) is 7.32. The third-order valence-electron chi connectivity index (χ3n) is 4.33. The van der Waals surface area contributed by atoms with E-state index in [1.165, 1.54) is 24.3 Å². The fourth-order valence-electron chi connectivity index (χ4n) is 2.82. The molecule has 1 N–H and O–H groups in total. The third kappa shape index (κ3) is 4.17. The number of benzene rings is 1. The second-order valence-corrected chi connectivity index (χ2v) is 6.08. The van der Waals surface area contributed by atoms with E-state index in [0.29, 0.717) is 38.1 Å². The van der Waals surface area contributed by atoms with Gasteiger partial charge in [0.25, 0.3) is 5.91 Å². The predicted octanol–water partition coefficient (Wildman–Crippen LogP) is 2.42. The van der Waals surface area contributed by atoms with Gasteiger partial charge in [-0.2, -0.15) is 0 Å². The highest BCUT2D eigenvalue weighted by atomic mass is 19.1. The molecule has 2 aromatic rings. The van der Waals surface area contributed by atoms with E-state index in [9.17, 15) is 14.3 Å². The fraction of sp³-hybridized carbons (Fsp3) is 0.444. The lowest BCUT2D eigenvalue weighted by molar-refractivity contribution is 0.0349. The molecule has 0 bridgehead atoms. The maximum Gasteiger partial charge on any atom is 0.292 e. The van der Waals surface area contributed by atoms with Gasteiger partial charge in [-0.3, -0.25) is 4.79 Å². The first-order valence-electron chi connectivity index (χ1n) is 8.42. The van der Waals surface area contributed by atoms with Crippen molar-refractivity contribution in [2.24, 2.45) is 0 Å². The smallest absolute Gasteiger partial charge is 0.292 e. The number of aliphatic hydroxyl groups is 1. The molecule has 7 heteroatoms. The summed E-state index contributed by atoms with van der Waals surface area (Å²) in [6.45, 7) is 2.78. The van der Waals surface area contributed by atoms with Crippen LogP contribution in [0.2, 0.25) is 0 Å². The first kappa shape index (κ1) is 17.4. The van der Waals surface area contributed by atoms with E-state index in [0.717, 1.165) is 5.69 Å². The second kappa shape index (κ2) is 7.65. The molecular weight excluding hydrogens is 327 g/mol. The molecule has 1 aromatic heterocycles. The van der Waals surface area contributed by atoms with Crippen molar-refractivity contribution < 1.29 is 23.6 Å². The molecule has 2 atom stereocenters. The molecule has 25 heavy (non-hydrogen) atoms. The number of hydrogen-bond donors (Lipinski definition) is 1. The molecule has 0 aliphatic carbocycles. The van der Waals surface area contributed by atoms with E-state index in [4.69, 9.17) is 9.26 Å². The zero-order valence-electron chi connectivity index (χ0n) is 14.0. The average molecular weight is 348 g/mol. The highest BCUT2D eigenvalue weighted by molar-refractivity contribution is 5.91. The molecule has 1 fully saturated rings. The molecule has 1 amide bonds. The first-order chi connectivity index (χ1) is 12.1. The summed E-state index contributed by atoms with van der Waals surface area (Å²) in [5.41, 5.74) is 0.732. The molecule has 6 nitrogen and oxygen atoms in total. The number of aromatic nitrogens is 1. The Labute approximate surface area is 145 Å². The zero-order chi connectivity index (χ0) is 17.8. The molecule has 1 aromatic carbocycles. The Morgan fingerprint density at radius 2 is 2.08 bits per heavy atom. The Bertz CT molecular complexity index is 716. The van der Waals surface area contributed by atoms with E-state index in [2.05, 4.69) is 5.16 Å². The van der Waals surface area contributed by atoms with Gasteiger partial charge in [0.15, 0.2) is 0 Å². The quantitative estimate of drug-likeness (QED) is 0.918. The number of aliphatic hydroxyl groups excluding tert-OH is 1. The summed E-state index contributed by atoms with van der Waals surface area (Å²) in [7, 11) is 0. The number of amides is 1. The molecule has 0 radical (unpaired) electrons. The summed E-state index contributed by atoms with van der Waals surface area (Å²) < 4.78 is 23.8. The molecule has 1 aliphatic heterocycles. The minimum atomic E-state index is -0.705. The highest BCUT2D eigenvalue weighted by Crippen LogP contribution is 2.21. The average Bonchev–Trinajstić information content (AvgIpc) is 3.03. The standard InChI is InChI=1S/C18H21FN2O4/c1-2-13-11-17(25-20-13)18(23)21-9-7-15(22)16(8-10-21)24-14-5-3-12(19)4-6-14/h3-6,11,15-16,22H,2,7-10H2,1H3/t15-,16-/m0/s1. The molecule has 0 unspecified atom stereocenters. The normalized spacial score (nSPS) is 21.0. The molecule has 1 aliphatic rings. The molecule has 1 saturated heterocycles. The zero-order valence-corrected chi connectivity index (χ0v) is 14.0. The van der Waals surface area contributed by atoms with Crippen LogP contribution < -0.4 is 4.74 Å². The Hall–Kier alpha value is -2.41. The number of aryl methyl sites for hydroxylation is 1. The van der Waals surface area contributed by atoms with Gasteiger partial charge in [-0.25, -0.2) is 4.39 Å². The van der Waals surface area contributed by atoms with Crippen LogP contribution in [0, 0.1) is 5.82 Å². The van der Waals surface area contributed by atoms with Gasteiger partial charge < -0.3 is 19.3 Å². The molecule has 2 heterocycles. The number of halogens is 1. The summed E-state index contributed by atoms with van der Waals surface area (Å²) in [6.07, 6.45) is 0.405. The first-order valence-corrected chi connectivity index (χ1v) is 8.42. The van der Waals surface area contributed by atoms with Crippen LogP contribution in [0.25, 0.3) is 0 Å². The van der Waals surface area contributed by atoms with Crippen molar-refractivity contribution in [2.75, 3.05) is 13.1 Å². The maximum absolute atomic E-state index is 13.0. The molecule has 0 spiro atoms. The van der Waals surface area contributed by atoms with E-state index in [1.807, 2.05) is 6.92 Å². The van der Waals surface area contributed by atoms with E-state index in [-0.39, 0.29) is 17.5 Å². The molecule has 0 saturated carbocycles. The largest absolute Gasteiger partial charge is 0.488 e. The Kier molecular flexibility index (Phi) is 5.33. The van der Waals surface area contributed by atoms with E-state index >= 15 is 0 Å². The van der Waals surface area contributed by atoms with Gasteiger partial charge in [0.2, 0.25) is 5.76 Å². The Morgan fingerprint density at radius 3 is 2.76 bits per heavy atom. The number of hydrogen-bond acceptors (Lipinski definition) is 5. The van der Waals surface area contributed by atoms with Crippen LogP contribution in [0.4, 0.5) is 4.39 Å². The number of carbonyl (C=O) groups excluding carboxylic acids is 1. The Morgan fingerprint density at radius 1 is 1.36 bits per heavy atom. The van der Waals surface area contributed by atoms with Crippen LogP contribution in [0.15, 0.2) is 34.9 Å². The SMILES string of the molecule is CCc1cc(C(=O)N2CC[C@H](Oc3ccc(F)cc3)[C@@H](O)CC2)on1. The number of likely N-dealkylation sites (tertiary alicyclic amines) is 1. The molecule has 134 valence electrons. The number of rotatable bonds is 4. The van der Waals surface area contributed by atoms with Gasteiger partial charge in [0.05, 0.1) is 11.8 Å². The van der Waals surface area contributed by atoms with Crippen molar-refractivity contribution in [2.45, 2.75) is 38.4 Å². The van der Waals surface area contributed by atoms with Crippen molar-refractivity contribution >= 4 is 5.91 Å². The van der Waals surface area contributed by atoms with Gasteiger partial charge in [0, 0.05) is 25.6 Å². The monoisotopic (exact) mass is 348 g/mol. The maximum atomic E-state index is 13.0. The van der Waals surface area contributed by atoms with Crippen LogP contribution in [-0.4, -0.2) is 46.4 Å². The fourth-order valence-corrected chi connectivity index (χ4v) is 2.82. The second-order valence-electron chi connectivity index (χ2n) is 6.08. The van der Waals surface area contributed by atoms with Crippen LogP contribution in [0.5, 0.6) is 5.75 Å². The van der Waals surface area contributed by atoms with E-state index < -0.39 is 12.2 Å². The minimum Gasteiger partial charge on any atom is -0.488 e. The van der Waals surface area contributed by atoms with Crippen LogP contribution >= 0.6 is 0 Å². The summed E-state index contributed by atoms with van der Waals surface area (Å²) in [5, 5.41) is 14.1. The van der Waals surface area contributed by atoms with Gasteiger partial charge in [-0.15, -0.1) is 0 Å². The predicted molar refractivity (Wildman–Crippen MR) is 87.8 cm³/mol. The van der Waals surface area contributed by atoms with Crippen LogP contribution in [0.1, 0.15) is 36.0 Å². The van der Waals surface area contributed by atoms with E-state index in [1.54, 1.807) is 11.0 Å². The van der Waals surface area contributed by atoms with Gasteiger partial charge in [-0.05, 0) is 37.1 Å². The van der Waals surface area contributed by atoms with Crippen molar-refractivity contribution in [1.29, 1.82) is 0 Å². The van der Waals surface area contributed by atoms with Crippen molar-refractivity contribution in [1.82, 2.24) is 10.1 Å². The van der Waals surface area contributed by atoms with Crippen molar-refractivity contribution in [3.8, 4) is 5.75 Å². The third-order valence-corrected chi connectivity index (χ3v) is 4.33. The van der Waals surface area contributed by atoms with Crippen LogP contribution in [-0.2, 0) is 6.42 Å². The van der Waals surface area contributed by atoms with Gasteiger partial charge >= 0.3 is 0 Å². The van der Waals surface area contributed by atoms with Gasteiger partial charge in [-0.1, -0.05) is 12.1 Å². The van der Waals surface area contributed by atoms with Crippen LogP contribution in [0.3, 0.4) is 0 Å². The Balaban J connectivity index is 1.63. The van der Waals surface area contributed by atoms with Crippen molar-refractivity contribution in [3.63, 3.8) is 0 Å². The topological polar surface area (TPSA) is 75.8 Å². The highest BCUT2D eigenvalue weighted by Gasteiger charge is 2.30. The lowest BCUT2D eigenvalue weighted by Gasteiger charge is -2.21. The molecular formula is C18H21FN2O4. The summed E-state index contributed by atoms with van der Waals surface area (Å²) in [4.78, 5) is 14.2. The van der Waals surface area contributed by atoms with Crippen molar-refractivity contribution in [3.05, 3.63) is 47.6 Å². The number of ether oxygens (including phenoxy) is 1. The molecule has 3 rings (SSSR count). The lowest BCUT2D eigenvalue weighted by atomic mass is 10.1.